The molecule has 0 aliphatic heterocycles. The number of esters is 1. The first-order valence-electron chi connectivity index (χ1n) is 14.7. The van der Waals surface area contributed by atoms with Gasteiger partial charge in [0.25, 0.3) is 0 Å². The van der Waals surface area contributed by atoms with Crippen LogP contribution in [-0.4, -0.2) is 34.9 Å². The van der Waals surface area contributed by atoms with Crippen molar-refractivity contribution in [2.24, 2.45) is 5.92 Å². The smallest absolute Gasteiger partial charge is 0.508 e. The number of ether oxygens (including phenoxy) is 2. The zero-order valence-corrected chi connectivity index (χ0v) is 26.8. The Morgan fingerprint density at radius 2 is 1.57 bits per heavy atom. The second-order valence-corrected chi connectivity index (χ2v) is 12.4. The number of hydrogen-bond acceptors (Lipinski definition) is 6. The fraction of sp³-hybridized carbons (Fsp3) is 0.441. The number of para-hydroxylation sites is 1. The quantitative estimate of drug-likeness (QED) is 0.107. The van der Waals surface area contributed by atoms with Crippen LogP contribution in [0.2, 0.25) is 0 Å². The highest BCUT2D eigenvalue weighted by Crippen LogP contribution is 2.34. The molecule has 3 rings (SSSR count). The lowest BCUT2D eigenvalue weighted by Crippen LogP contribution is -2.39. The zero-order valence-electron chi connectivity index (χ0n) is 25.9. The van der Waals surface area contributed by atoms with Crippen molar-refractivity contribution in [3.05, 3.63) is 88.5 Å². The normalized spacial score (nSPS) is 12.5. The lowest BCUT2D eigenvalue weighted by atomic mass is 9.93. The van der Waals surface area contributed by atoms with Crippen molar-refractivity contribution in [3.63, 3.8) is 0 Å². The molecule has 0 saturated carbocycles. The first-order chi connectivity index (χ1) is 20.0. The second kappa shape index (κ2) is 15.7. The van der Waals surface area contributed by atoms with Crippen LogP contribution in [0.5, 0.6) is 17.2 Å². The van der Waals surface area contributed by atoms with E-state index in [1.165, 1.54) is 10.4 Å². The van der Waals surface area contributed by atoms with E-state index >= 15 is 0 Å². The highest BCUT2D eigenvalue weighted by Gasteiger charge is 2.41. The molecular weight excluding hydrogens is 549 g/mol. The summed E-state index contributed by atoms with van der Waals surface area (Å²) in [5.74, 6) is 1.39. The summed E-state index contributed by atoms with van der Waals surface area (Å²) in [4.78, 5) is 20.0. The summed E-state index contributed by atoms with van der Waals surface area (Å²) < 4.78 is 25.1. The molecule has 226 valence electrons. The Morgan fingerprint density at radius 3 is 2.17 bits per heavy atom. The Bertz CT molecular complexity index is 1320. The molecule has 3 aromatic carbocycles. The van der Waals surface area contributed by atoms with Crippen molar-refractivity contribution in [1.82, 2.24) is 4.83 Å². The lowest BCUT2D eigenvalue weighted by molar-refractivity contribution is -0.155. The molecule has 42 heavy (non-hydrogen) atoms. The van der Waals surface area contributed by atoms with Gasteiger partial charge in [-0.1, -0.05) is 70.9 Å². The monoisotopic (exact) mass is 594 g/mol. The minimum absolute atomic E-state index is 0.166. The van der Waals surface area contributed by atoms with E-state index in [4.69, 9.17) is 14.3 Å². The predicted molar refractivity (Wildman–Crippen MR) is 167 cm³/mol. The molecule has 0 heterocycles. The largest absolute Gasteiger partial charge is 0.512 e. The highest BCUT2D eigenvalue weighted by molar-refractivity contribution is 7.41. The van der Waals surface area contributed by atoms with E-state index < -0.39 is 20.0 Å². The number of benzene rings is 3. The van der Waals surface area contributed by atoms with Crippen LogP contribution in [0.15, 0.2) is 60.7 Å². The van der Waals surface area contributed by atoms with Gasteiger partial charge in [-0.15, -0.1) is 0 Å². The molecule has 7 nitrogen and oxygen atoms in total. The van der Waals surface area contributed by atoms with Crippen LogP contribution in [0.3, 0.4) is 0 Å². The summed E-state index contributed by atoms with van der Waals surface area (Å²) in [6.07, 6.45) is 2.38. The highest BCUT2D eigenvalue weighted by atomic mass is 31.1. The Morgan fingerprint density at radius 1 is 0.929 bits per heavy atom. The predicted octanol–water partition coefficient (Wildman–Crippen LogP) is 8.47. The van der Waals surface area contributed by atoms with Gasteiger partial charge in [0, 0.05) is 0 Å². The van der Waals surface area contributed by atoms with Crippen LogP contribution in [-0.2, 0) is 20.5 Å². The third kappa shape index (κ3) is 9.04. The standard InChI is InChI=1S/C34H44NO6P/c1-8-27(9-2)21-39-34(37)26(7)35(41-29-13-11-10-12-14-29)42(38)22-40-30-17-24(5)32(25(6)18-30)20-28-15-16-33(36)31(19-28)23(3)4/h10-19,23,26-27H,8-9,20-22H2,1-7H3/p+1/t26-/m0/s1. The van der Waals surface area contributed by atoms with Gasteiger partial charge in [0.05, 0.1) is 11.4 Å². The first-order valence-corrected chi connectivity index (χ1v) is 16.1. The van der Waals surface area contributed by atoms with Gasteiger partial charge in [0.1, 0.15) is 11.5 Å². The Kier molecular flexibility index (Phi) is 12.4. The van der Waals surface area contributed by atoms with Gasteiger partial charge in [-0.3, -0.25) is 4.79 Å². The van der Waals surface area contributed by atoms with Crippen molar-refractivity contribution in [2.45, 2.75) is 79.7 Å². The van der Waals surface area contributed by atoms with Crippen molar-refractivity contribution in [2.75, 3.05) is 13.0 Å². The van der Waals surface area contributed by atoms with Gasteiger partial charge < -0.3 is 19.4 Å². The van der Waals surface area contributed by atoms with Gasteiger partial charge in [-0.2, -0.15) is 0 Å². The fourth-order valence-corrected chi connectivity index (χ4v) is 5.76. The van der Waals surface area contributed by atoms with Crippen LogP contribution in [0.4, 0.5) is 0 Å². The number of rotatable bonds is 15. The molecule has 0 fully saturated rings. The molecule has 0 aliphatic carbocycles. The van der Waals surface area contributed by atoms with E-state index in [2.05, 4.69) is 33.8 Å². The molecule has 1 N–H and O–H groups in total. The number of phenols is 1. The summed E-state index contributed by atoms with van der Waals surface area (Å²) in [7, 11) is -2.26. The fourth-order valence-electron chi connectivity index (χ4n) is 4.73. The number of aryl methyl sites for hydroxylation is 2. The summed E-state index contributed by atoms with van der Waals surface area (Å²) >= 11 is 0. The van der Waals surface area contributed by atoms with Gasteiger partial charge in [0.15, 0.2) is 11.8 Å². The summed E-state index contributed by atoms with van der Waals surface area (Å²) in [6, 6.07) is 17.7. The molecule has 0 saturated heterocycles. The summed E-state index contributed by atoms with van der Waals surface area (Å²) in [5, 5.41) is 10.2. The number of aromatic hydroxyl groups is 1. The zero-order chi connectivity index (χ0) is 30.8. The van der Waals surface area contributed by atoms with Crippen molar-refractivity contribution >= 4 is 13.9 Å². The van der Waals surface area contributed by atoms with Crippen molar-refractivity contribution in [3.8, 4) is 17.2 Å². The van der Waals surface area contributed by atoms with Crippen molar-refractivity contribution in [1.29, 1.82) is 0 Å². The van der Waals surface area contributed by atoms with Crippen molar-refractivity contribution < 1.29 is 28.8 Å². The van der Waals surface area contributed by atoms with Crippen LogP contribution in [0.25, 0.3) is 0 Å². The van der Waals surface area contributed by atoms with Crippen LogP contribution in [0, 0.1) is 19.8 Å². The first kappa shape index (κ1) is 33.1. The van der Waals surface area contributed by atoms with E-state index in [1.54, 1.807) is 25.1 Å². The minimum Gasteiger partial charge on any atom is -0.508 e. The lowest BCUT2D eigenvalue weighted by Gasteiger charge is -2.20. The molecule has 0 radical (unpaired) electrons. The Balaban J connectivity index is 1.73. The molecule has 0 spiro atoms. The topological polar surface area (TPSA) is 85.3 Å². The molecule has 0 aromatic heterocycles. The van der Waals surface area contributed by atoms with Gasteiger partial charge in [-0.25, -0.2) is 0 Å². The molecule has 0 amide bonds. The molecule has 8 heteroatoms. The molecule has 3 aromatic rings. The van der Waals surface area contributed by atoms with E-state index in [0.29, 0.717) is 23.9 Å². The Hall–Kier alpha value is -3.41. The summed E-state index contributed by atoms with van der Waals surface area (Å²) in [5.41, 5.74) is 5.33. The van der Waals surface area contributed by atoms with Crippen LogP contribution >= 0.6 is 7.95 Å². The molecule has 0 bridgehead atoms. The van der Waals surface area contributed by atoms with E-state index in [-0.39, 0.29) is 18.2 Å². The molecule has 0 aliphatic rings. The van der Waals surface area contributed by atoms with Gasteiger partial charge >= 0.3 is 20.3 Å². The van der Waals surface area contributed by atoms with E-state index in [9.17, 15) is 14.5 Å². The number of hydroxylamine groups is 1. The maximum Gasteiger partial charge on any atom is 0.512 e. The van der Waals surface area contributed by atoms with Gasteiger partial charge in [-0.05, 0) is 102 Å². The molecular formula is C34H45NO6P+. The third-order valence-electron chi connectivity index (χ3n) is 7.56. The SMILES string of the molecule is CCC(CC)COC(=O)[C@H](C)N(Oc1ccccc1)[P+](=O)COc1cc(C)c(Cc2ccc(O)c(C(C)C)c2)c(C)c1. The van der Waals surface area contributed by atoms with Crippen LogP contribution < -0.4 is 9.57 Å². The van der Waals surface area contributed by atoms with E-state index in [0.717, 1.165) is 41.5 Å². The second-order valence-electron chi connectivity index (χ2n) is 11.1. The maximum atomic E-state index is 13.5. The number of carbonyl (C=O) groups is 1. The van der Waals surface area contributed by atoms with Crippen LogP contribution in [0.1, 0.15) is 81.2 Å². The molecule has 1 unspecified atom stereocenters. The number of nitrogens with zero attached hydrogens (tertiary/aromatic N) is 1. The third-order valence-corrected chi connectivity index (χ3v) is 8.77. The maximum absolute atomic E-state index is 13.5. The average molecular weight is 595 g/mol. The van der Waals surface area contributed by atoms with E-state index in [1.807, 2.05) is 50.2 Å². The Labute approximate surface area is 251 Å². The average Bonchev–Trinajstić information content (AvgIpc) is 2.97. The number of carbonyl (C=O) groups excluding carboxylic acids is 1. The number of phenolic OH excluding ortho intramolecular Hbond substituents is 1. The molecule has 2 atom stereocenters. The minimum atomic E-state index is -2.26. The summed E-state index contributed by atoms with van der Waals surface area (Å²) in [6.45, 7) is 14.3. The van der Waals surface area contributed by atoms with Gasteiger partial charge in [0.2, 0.25) is 0 Å². The number of hydrogen-bond donors (Lipinski definition) is 1.